The molecular weight excluding hydrogens is 643 g/mol. The van der Waals surface area contributed by atoms with Gasteiger partial charge in [-0.2, -0.15) is 0 Å². The van der Waals surface area contributed by atoms with Crippen molar-refractivity contribution in [2.24, 2.45) is 0 Å². The Hall–Kier alpha value is 3.01. The Labute approximate surface area is 185 Å². The van der Waals surface area contributed by atoms with Crippen molar-refractivity contribution >= 4 is 91.5 Å². The first kappa shape index (κ1) is 27.0. The van der Waals surface area contributed by atoms with E-state index in [0.29, 0.717) is 0 Å². The molecule has 2 aliphatic rings. The molecule has 2 heterocycles. The monoisotopic (exact) mass is 666 g/mol. The second-order valence-electron chi connectivity index (χ2n) is 7.30. The molecule has 2 saturated heterocycles. The molecule has 24 heavy (non-hydrogen) atoms. The topological polar surface area (TPSA) is 36.9 Å². The van der Waals surface area contributed by atoms with Crippen molar-refractivity contribution in [1.29, 1.82) is 0 Å². The average molecular weight is 667 g/mol. The van der Waals surface area contributed by atoms with Crippen LogP contribution in [0.3, 0.4) is 0 Å². The summed E-state index contributed by atoms with van der Waals surface area (Å²) in [6.45, 7) is 15.6. The van der Waals surface area contributed by atoms with E-state index in [1.165, 1.54) is 0 Å². The summed E-state index contributed by atoms with van der Waals surface area (Å²) in [4.78, 5) is 0. The van der Waals surface area contributed by atoms with Crippen LogP contribution in [-0.2, 0) is 66.2 Å². The summed E-state index contributed by atoms with van der Waals surface area (Å²) in [5, 5.41) is 0. The van der Waals surface area contributed by atoms with E-state index in [-0.39, 0.29) is 22.4 Å². The fourth-order valence-corrected chi connectivity index (χ4v) is 9.26. The third-order valence-electron chi connectivity index (χ3n) is 4.26. The molecule has 0 aromatic rings. The van der Waals surface area contributed by atoms with Gasteiger partial charge in [0, 0.05) is 0 Å². The third kappa shape index (κ3) is 7.12. The Morgan fingerprint density at radius 3 is 0.792 bits per heavy atom. The molecule has 0 atom stereocenters. The van der Waals surface area contributed by atoms with Gasteiger partial charge in [0.15, 0.2) is 0 Å². The van der Waals surface area contributed by atoms with E-state index in [2.05, 4.69) is 0 Å². The van der Waals surface area contributed by atoms with Gasteiger partial charge in [-0.05, 0) is 55.4 Å². The Kier molecular flexibility index (Phi) is 9.90. The van der Waals surface area contributed by atoms with Crippen LogP contribution in [0.1, 0.15) is 55.4 Å². The van der Waals surface area contributed by atoms with E-state index < -0.39 is 11.4 Å². The third-order valence-corrected chi connectivity index (χ3v) is 8.77. The zero-order chi connectivity index (χ0) is 19.8. The van der Waals surface area contributed by atoms with E-state index in [4.69, 9.17) is 74.7 Å². The summed E-state index contributed by atoms with van der Waals surface area (Å²) in [7, 11) is 4.75. The van der Waals surface area contributed by atoms with Crippen molar-refractivity contribution in [1.82, 2.24) is 0 Å². The van der Waals surface area contributed by atoms with Crippen molar-refractivity contribution < 1.29 is 18.1 Å². The van der Waals surface area contributed by atoms with E-state index in [9.17, 15) is 0 Å². The number of halogens is 1. The van der Waals surface area contributed by atoms with Gasteiger partial charge >= 0.3 is 32.0 Å². The summed E-state index contributed by atoms with van der Waals surface area (Å²) in [6, 6.07) is 0. The van der Waals surface area contributed by atoms with Gasteiger partial charge < -0.3 is 42.6 Å². The Morgan fingerprint density at radius 2 is 0.750 bits per heavy atom. The molecule has 0 aromatic carbocycles. The molecule has 142 valence electrons. The van der Waals surface area contributed by atoms with Crippen molar-refractivity contribution in [3.63, 3.8) is 0 Å². The predicted molar refractivity (Wildman–Crippen MR) is 116 cm³/mol. The van der Waals surface area contributed by atoms with E-state index in [1.54, 1.807) is 0 Å². The van der Waals surface area contributed by atoms with Gasteiger partial charge in [0.2, 0.25) is 0 Å². The van der Waals surface area contributed by atoms with E-state index in [1.807, 2.05) is 55.4 Å². The normalized spacial score (nSPS) is 29.6. The standard InChI is InChI=1S/2C6H13O2PS2.Bi.ClH/c2*1-5(2)6(3,4)8-9(10,11)7-5;;/h2*1-4H3,(H,10,11);;1H/q;;+3;/p-3. The van der Waals surface area contributed by atoms with Gasteiger partial charge in [-0.1, -0.05) is 23.6 Å². The van der Waals surface area contributed by atoms with Crippen LogP contribution < -0.4 is 0 Å². The summed E-state index contributed by atoms with van der Waals surface area (Å²) in [5.74, 6) is 0. The van der Waals surface area contributed by atoms with Crippen LogP contribution in [-0.4, -0.2) is 45.9 Å². The molecule has 0 bridgehead atoms. The summed E-state index contributed by atoms with van der Waals surface area (Å²) < 4.78 is 21.9. The van der Waals surface area contributed by atoms with Crippen LogP contribution in [0.25, 0.3) is 0 Å². The Morgan fingerprint density at radius 1 is 0.625 bits per heavy atom. The first-order valence-corrected chi connectivity index (χ1v) is 18.5. The minimum absolute atomic E-state index is 0.357. The zero-order valence-corrected chi connectivity index (χ0v) is 24.3. The van der Waals surface area contributed by atoms with E-state index >= 15 is 0 Å². The molecule has 2 radical (unpaired) electrons. The second kappa shape index (κ2) is 8.80. The number of rotatable bonds is 0. The first-order chi connectivity index (χ1) is 10.3. The van der Waals surface area contributed by atoms with Gasteiger partial charge in [0.05, 0.1) is 33.8 Å². The molecule has 0 N–H and O–H groups in total. The molecule has 2 aliphatic heterocycles. The van der Waals surface area contributed by atoms with Gasteiger partial charge in [0.1, 0.15) is 0 Å². The second-order valence-corrected chi connectivity index (χ2v) is 17.0. The van der Waals surface area contributed by atoms with Gasteiger partial charge in [-0.3, -0.25) is 0 Å². The van der Waals surface area contributed by atoms with Crippen molar-refractivity contribution in [3.8, 4) is 0 Å². The van der Waals surface area contributed by atoms with E-state index in [0.717, 1.165) is 23.5 Å². The van der Waals surface area contributed by atoms with Crippen LogP contribution in [0.5, 0.6) is 0 Å². The van der Waals surface area contributed by atoms with Crippen molar-refractivity contribution in [2.45, 2.75) is 77.8 Å². The van der Waals surface area contributed by atoms with Gasteiger partial charge in [-0.25, -0.2) is 0 Å². The Bertz CT molecular complexity index is 469. The summed E-state index contributed by atoms with van der Waals surface area (Å²) in [5.41, 5.74) is -6.17. The average Bonchev–Trinajstić information content (AvgIpc) is 2.49. The van der Waals surface area contributed by atoms with Crippen molar-refractivity contribution in [2.75, 3.05) is 0 Å². The molecule has 0 spiro atoms. The fourth-order valence-electron chi connectivity index (χ4n) is 1.59. The quantitative estimate of drug-likeness (QED) is 0.203. The summed E-state index contributed by atoms with van der Waals surface area (Å²) >= 11 is 20.9. The first-order valence-electron chi connectivity index (χ1n) is 6.95. The molecule has 0 aliphatic carbocycles. The van der Waals surface area contributed by atoms with Crippen LogP contribution in [0.4, 0.5) is 0 Å². The van der Waals surface area contributed by atoms with Crippen LogP contribution in [0.2, 0.25) is 0 Å². The summed E-state index contributed by atoms with van der Waals surface area (Å²) in [6.07, 6.45) is 0. The van der Waals surface area contributed by atoms with Crippen molar-refractivity contribution in [3.05, 3.63) is 0 Å². The molecule has 0 aromatic heterocycles. The molecular formula is C12H24BiClO4P2S4. The molecule has 2 rings (SSSR count). The van der Waals surface area contributed by atoms with Crippen LogP contribution in [0.15, 0.2) is 0 Å². The maximum absolute atomic E-state index is 5.47. The molecule has 0 saturated carbocycles. The minimum atomic E-state index is -2.37. The maximum atomic E-state index is 5.47. The molecule has 2 fully saturated rings. The molecule has 12 heteroatoms. The molecule has 0 amide bonds. The van der Waals surface area contributed by atoms with Crippen LogP contribution in [0, 0.1) is 0 Å². The number of hydrogen-bond donors (Lipinski definition) is 0. The molecule has 4 nitrogen and oxygen atoms in total. The SMILES string of the molecule is CC1(C)OP(=S)([S-])OC1(C)C.CC1(C)OP(=S)([S-])OC1(C)C.[Cl][Bi+2]. The predicted octanol–water partition coefficient (Wildman–Crippen LogP) is 5.03. The number of hydrogen-bond acceptors (Lipinski definition) is 8. The molecule has 0 unspecified atom stereocenters. The van der Waals surface area contributed by atoms with Crippen LogP contribution >= 0.6 is 19.9 Å². The van der Waals surface area contributed by atoms with Gasteiger partial charge in [-0.15, -0.1) is 0 Å². The Balaban J connectivity index is 0.000000400. The fraction of sp³-hybridized carbons (Fsp3) is 1.00. The zero-order valence-electron chi connectivity index (χ0n) is 15.0. The van der Waals surface area contributed by atoms with Gasteiger partial charge in [0.25, 0.3) is 0 Å².